The number of allylic oxidation sites excluding steroid dienone is 1. The van der Waals surface area contributed by atoms with Crippen molar-refractivity contribution in [3.8, 4) is 21.9 Å². The molecule has 3 aromatic rings. The van der Waals surface area contributed by atoms with Gasteiger partial charge in [0.05, 0.1) is 11.3 Å². The van der Waals surface area contributed by atoms with Crippen LogP contribution in [0.5, 0.6) is 11.5 Å². The zero-order valence-electron chi connectivity index (χ0n) is 22.5. The van der Waals surface area contributed by atoms with Crippen molar-refractivity contribution in [3.05, 3.63) is 59.4 Å². The van der Waals surface area contributed by atoms with E-state index in [2.05, 4.69) is 6.92 Å². The Morgan fingerprint density at radius 2 is 1.69 bits per heavy atom. The molecule has 0 aliphatic heterocycles. The first-order chi connectivity index (χ1) is 18.9. The summed E-state index contributed by atoms with van der Waals surface area (Å²) in [6.07, 6.45) is 12.0. The van der Waals surface area contributed by atoms with Crippen LogP contribution >= 0.6 is 11.3 Å². The molecule has 0 radical (unpaired) electrons. The lowest BCUT2D eigenvalue weighted by Gasteiger charge is -2.35. The van der Waals surface area contributed by atoms with Crippen LogP contribution in [0.4, 0.5) is 13.2 Å². The van der Waals surface area contributed by atoms with Crippen molar-refractivity contribution in [2.75, 3.05) is 6.61 Å². The first kappa shape index (κ1) is 27.8. The van der Waals surface area contributed by atoms with Gasteiger partial charge in [0, 0.05) is 16.0 Å². The minimum absolute atomic E-state index is 0.0146. The van der Waals surface area contributed by atoms with Crippen molar-refractivity contribution in [2.45, 2.75) is 71.6 Å². The molecule has 0 bridgehead atoms. The average Bonchev–Trinajstić information content (AvgIpc) is 3.39. The van der Waals surface area contributed by atoms with E-state index in [-0.39, 0.29) is 11.3 Å². The second-order valence-corrected chi connectivity index (χ2v) is 11.9. The summed E-state index contributed by atoms with van der Waals surface area (Å²) < 4.78 is 55.8. The predicted molar refractivity (Wildman–Crippen MR) is 150 cm³/mol. The molecule has 1 fully saturated rings. The second-order valence-electron chi connectivity index (χ2n) is 10.8. The number of hydrogen-bond donors (Lipinski definition) is 0. The number of esters is 1. The van der Waals surface area contributed by atoms with Crippen molar-refractivity contribution < 1.29 is 27.4 Å². The number of benzene rings is 2. The van der Waals surface area contributed by atoms with Gasteiger partial charge >= 0.3 is 5.97 Å². The standard InChI is InChI=1S/C32H35F3O3S/c1-3-5-19-6-8-20(9-7-19)21-10-12-22(13-11-21)32(36)38-26-17-15-24(28(33)29(26)34)27-18-23-14-16-25(37-4-2)30(35)31(23)39-27/h12,14-21H,3-11,13H2,1-2H3. The summed E-state index contributed by atoms with van der Waals surface area (Å²) in [6.45, 7) is 4.33. The first-order valence-corrected chi connectivity index (χ1v) is 15.0. The Hall–Kier alpha value is -2.80. The van der Waals surface area contributed by atoms with E-state index in [1.165, 1.54) is 56.7 Å². The number of ether oxygens (including phenoxy) is 2. The summed E-state index contributed by atoms with van der Waals surface area (Å²) >= 11 is 1.02. The zero-order chi connectivity index (χ0) is 27.5. The molecule has 1 aromatic heterocycles. The summed E-state index contributed by atoms with van der Waals surface area (Å²) in [5.74, 6) is -1.68. The molecule has 1 unspecified atom stereocenters. The molecule has 2 aliphatic rings. The third-order valence-electron chi connectivity index (χ3n) is 8.37. The van der Waals surface area contributed by atoms with Crippen LogP contribution in [0.3, 0.4) is 0 Å². The maximum atomic E-state index is 15.1. The summed E-state index contributed by atoms with van der Waals surface area (Å²) in [6, 6.07) is 7.46. The Bertz CT molecular complexity index is 1370. The average molecular weight is 557 g/mol. The molecule has 1 saturated carbocycles. The quantitative estimate of drug-likeness (QED) is 0.205. The summed E-state index contributed by atoms with van der Waals surface area (Å²) in [4.78, 5) is 13.2. The van der Waals surface area contributed by atoms with E-state index in [4.69, 9.17) is 9.47 Å². The van der Waals surface area contributed by atoms with Gasteiger partial charge < -0.3 is 9.47 Å². The largest absolute Gasteiger partial charge is 0.491 e. The van der Waals surface area contributed by atoms with Gasteiger partial charge in [-0.2, -0.15) is 4.39 Å². The molecule has 3 nitrogen and oxygen atoms in total. The molecule has 0 spiro atoms. The van der Waals surface area contributed by atoms with Crippen LogP contribution in [0.15, 0.2) is 42.0 Å². The van der Waals surface area contributed by atoms with E-state index in [0.717, 1.165) is 30.1 Å². The van der Waals surface area contributed by atoms with Gasteiger partial charge in [-0.25, -0.2) is 13.6 Å². The first-order valence-electron chi connectivity index (χ1n) is 14.1. The number of rotatable bonds is 8. The Morgan fingerprint density at radius 1 is 0.923 bits per heavy atom. The third kappa shape index (κ3) is 5.88. The highest BCUT2D eigenvalue weighted by Crippen LogP contribution is 2.42. The van der Waals surface area contributed by atoms with E-state index >= 15 is 8.78 Å². The van der Waals surface area contributed by atoms with Gasteiger partial charge in [0.15, 0.2) is 23.1 Å². The highest BCUT2D eigenvalue weighted by atomic mass is 32.1. The van der Waals surface area contributed by atoms with Crippen LogP contribution in [0, 0.1) is 35.2 Å². The molecule has 0 saturated heterocycles. The molecule has 7 heteroatoms. The summed E-state index contributed by atoms with van der Waals surface area (Å²) in [5, 5.41) is 0.572. The molecule has 1 atom stereocenters. The van der Waals surface area contributed by atoms with E-state index in [9.17, 15) is 9.18 Å². The second kappa shape index (κ2) is 12.2. The Kier molecular flexibility index (Phi) is 8.65. The zero-order valence-corrected chi connectivity index (χ0v) is 23.4. The van der Waals surface area contributed by atoms with Crippen molar-refractivity contribution in [3.63, 3.8) is 0 Å². The third-order valence-corrected chi connectivity index (χ3v) is 9.55. The van der Waals surface area contributed by atoms with E-state index in [1.807, 2.05) is 6.08 Å². The van der Waals surface area contributed by atoms with Gasteiger partial charge in [0.2, 0.25) is 5.82 Å². The van der Waals surface area contributed by atoms with Gasteiger partial charge in [-0.3, -0.25) is 0 Å². The van der Waals surface area contributed by atoms with E-state index in [0.29, 0.717) is 45.4 Å². The van der Waals surface area contributed by atoms with Crippen LogP contribution in [0.1, 0.15) is 71.6 Å². The van der Waals surface area contributed by atoms with Crippen LogP contribution in [-0.2, 0) is 4.79 Å². The van der Waals surface area contributed by atoms with Gasteiger partial charge in [0.1, 0.15) is 0 Å². The SMILES string of the molecule is CCCC1CCC(C2CC=C(C(=O)Oc3ccc(-c4cc5ccc(OCC)c(F)c5s4)c(F)c3F)CC2)CC1. The van der Waals surface area contributed by atoms with Gasteiger partial charge in [-0.05, 0) is 92.5 Å². The van der Waals surface area contributed by atoms with E-state index < -0.39 is 29.2 Å². The lowest BCUT2D eigenvalue weighted by atomic mass is 9.71. The van der Waals surface area contributed by atoms with Gasteiger partial charge in [0.25, 0.3) is 0 Å². The Balaban J connectivity index is 1.25. The maximum absolute atomic E-state index is 15.1. The monoisotopic (exact) mass is 556 g/mol. The molecule has 0 amide bonds. The summed E-state index contributed by atoms with van der Waals surface area (Å²) in [5.41, 5.74) is 0.513. The van der Waals surface area contributed by atoms with Crippen LogP contribution in [-0.4, -0.2) is 12.6 Å². The lowest BCUT2D eigenvalue weighted by Crippen LogP contribution is -2.25. The van der Waals surface area contributed by atoms with Crippen LogP contribution in [0.25, 0.3) is 20.5 Å². The van der Waals surface area contributed by atoms with Crippen LogP contribution in [0.2, 0.25) is 0 Å². The van der Waals surface area contributed by atoms with Crippen molar-refractivity contribution in [1.82, 2.24) is 0 Å². The Labute approximate surface area is 232 Å². The highest BCUT2D eigenvalue weighted by molar-refractivity contribution is 7.22. The topological polar surface area (TPSA) is 35.5 Å². The van der Waals surface area contributed by atoms with Crippen molar-refractivity contribution in [1.29, 1.82) is 0 Å². The fraction of sp³-hybridized carbons (Fsp3) is 0.469. The number of thiophene rings is 1. The van der Waals surface area contributed by atoms with Crippen molar-refractivity contribution in [2.24, 2.45) is 17.8 Å². The molecule has 39 heavy (non-hydrogen) atoms. The maximum Gasteiger partial charge on any atom is 0.339 e. The molecule has 208 valence electrons. The molecule has 2 aliphatic carbocycles. The van der Waals surface area contributed by atoms with E-state index in [1.54, 1.807) is 19.1 Å². The molecule has 0 N–H and O–H groups in total. The number of halogens is 3. The smallest absolute Gasteiger partial charge is 0.339 e. The molecular formula is C32H35F3O3S. The minimum Gasteiger partial charge on any atom is -0.491 e. The number of carbonyl (C=O) groups is 1. The number of hydrogen-bond acceptors (Lipinski definition) is 4. The van der Waals surface area contributed by atoms with Crippen LogP contribution < -0.4 is 9.47 Å². The number of carbonyl (C=O) groups excluding carboxylic acids is 1. The molecular weight excluding hydrogens is 521 g/mol. The highest BCUT2D eigenvalue weighted by Gasteiger charge is 2.30. The van der Waals surface area contributed by atoms with Crippen molar-refractivity contribution >= 4 is 27.4 Å². The predicted octanol–water partition coefficient (Wildman–Crippen LogP) is 9.62. The van der Waals surface area contributed by atoms with Gasteiger partial charge in [-0.1, -0.05) is 38.7 Å². The fourth-order valence-electron chi connectivity index (χ4n) is 6.24. The normalized spacial score (nSPS) is 21.6. The fourth-order valence-corrected chi connectivity index (χ4v) is 7.35. The lowest BCUT2D eigenvalue weighted by molar-refractivity contribution is -0.130. The molecule has 5 rings (SSSR count). The minimum atomic E-state index is -1.23. The molecule has 2 aromatic carbocycles. The summed E-state index contributed by atoms with van der Waals surface area (Å²) in [7, 11) is 0. The molecule has 1 heterocycles. The van der Waals surface area contributed by atoms with Gasteiger partial charge in [-0.15, -0.1) is 11.3 Å². The Morgan fingerprint density at radius 3 is 2.38 bits per heavy atom. The number of fused-ring (bicyclic) bond motifs is 1.